The lowest BCUT2D eigenvalue weighted by Crippen LogP contribution is -2.23. The third-order valence-corrected chi connectivity index (χ3v) is 2.06. The number of hydrogen-bond donors (Lipinski definition) is 2. The van der Waals surface area contributed by atoms with E-state index in [2.05, 4.69) is 15.3 Å². The number of furan rings is 1. The van der Waals surface area contributed by atoms with Crippen molar-refractivity contribution < 1.29 is 9.21 Å². The van der Waals surface area contributed by atoms with Gasteiger partial charge < -0.3 is 14.7 Å². The Balaban J connectivity index is 1.96. The quantitative estimate of drug-likeness (QED) is 0.791. The molecular weight excluding hydrogens is 194 g/mol. The van der Waals surface area contributed by atoms with Crippen LogP contribution in [0.25, 0.3) is 0 Å². The Labute approximate surface area is 86.5 Å². The minimum absolute atomic E-state index is 0.216. The lowest BCUT2D eigenvalue weighted by atomic mass is 10.2. The number of imidazole rings is 1. The second kappa shape index (κ2) is 4.00. The molecule has 0 fully saturated rings. The minimum atomic E-state index is -0.216. The maximum atomic E-state index is 11.6. The molecule has 5 nitrogen and oxygen atoms in total. The molecule has 0 aliphatic rings. The zero-order valence-corrected chi connectivity index (χ0v) is 8.28. The fourth-order valence-electron chi connectivity index (χ4n) is 1.24. The van der Waals surface area contributed by atoms with Gasteiger partial charge in [-0.2, -0.15) is 0 Å². The van der Waals surface area contributed by atoms with Gasteiger partial charge in [0.05, 0.1) is 24.8 Å². The molecule has 0 aliphatic heterocycles. The summed E-state index contributed by atoms with van der Waals surface area (Å²) in [7, 11) is 0. The number of aromatic amines is 1. The molecule has 2 aromatic rings. The van der Waals surface area contributed by atoms with E-state index in [0.29, 0.717) is 12.3 Å². The Morgan fingerprint density at radius 2 is 2.53 bits per heavy atom. The SMILES string of the molecule is Cc1ccoc1C(=O)NCc1cnc[nH]1. The summed E-state index contributed by atoms with van der Waals surface area (Å²) in [6, 6.07) is 1.76. The van der Waals surface area contributed by atoms with Crippen LogP contribution in [-0.2, 0) is 6.54 Å². The molecule has 2 N–H and O–H groups in total. The monoisotopic (exact) mass is 205 g/mol. The van der Waals surface area contributed by atoms with E-state index < -0.39 is 0 Å². The summed E-state index contributed by atoms with van der Waals surface area (Å²) < 4.78 is 5.06. The number of carbonyl (C=O) groups excluding carboxylic acids is 1. The summed E-state index contributed by atoms with van der Waals surface area (Å²) in [6.07, 6.45) is 4.73. The normalized spacial score (nSPS) is 10.2. The van der Waals surface area contributed by atoms with Crippen LogP contribution in [0, 0.1) is 6.92 Å². The van der Waals surface area contributed by atoms with Gasteiger partial charge in [-0.1, -0.05) is 0 Å². The fourth-order valence-corrected chi connectivity index (χ4v) is 1.24. The molecule has 2 aromatic heterocycles. The van der Waals surface area contributed by atoms with Crippen molar-refractivity contribution in [1.82, 2.24) is 15.3 Å². The van der Waals surface area contributed by atoms with Crippen LogP contribution in [0.3, 0.4) is 0 Å². The van der Waals surface area contributed by atoms with E-state index in [1.165, 1.54) is 6.26 Å². The summed E-state index contributed by atoms with van der Waals surface area (Å²) in [5, 5.41) is 2.72. The zero-order chi connectivity index (χ0) is 10.7. The summed E-state index contributed by atoms with van der Waals surface area (Å²) in [4.78, 5) is 18.3. The van der Waals surface area contributed by atoms with Crippen molar-refractivity contribution in [3.8, 4) is 0 Å². The molecule has 0 saturated heterocycles. The van der Waals surface area contributed by atoms with E-state index in [4.69, 9.17) is 4.42 Å². The maximum absolute atomic E-state index is 11.6. The Bertz CT molecular complexity index is 445. The van der Waals surface area contributed by atoms with Gasteiger partial charge in [0.15, 0.2) is 5.76 Å². The highest BCUT2D eigenvalue weighted by Gasteiger charge is 2.11. The van der Waals surface area contributed by atoms with Gasteiger partial charge >= 0.3 is 0 Å². The van der Waals surface area contributed by atoms with E-state index in [1.54, 1.807) is 18.6 Å². The number of nitrogens with one attached hydrogen (secondary N) is 2. The molecule has 0 atom stereocenters. The van der Waals surface area contributed by atoms with Crippen molar-refractivity contribution >= 4 is 5.91 Å². The number of aromatic nitrogens is 2. The number of amides is 1. The lowest BCUT2D eigenvalue weighted by molar-refractivity contribution is 0.0922. The third kappa shape index (κ3) is 2.07. The number of H-pyrrole nitrogens is 1. The molecule has 0 radical (unpaired) electrons. The highest BCUT2D eigenvalue weighted by molar-refractivity contribution is 5.92. The van der Waals surface area contributed by atoms with Gasteiger partial charge in [-0.15, -0.1) is 0 Å². The molecule has 1 amide bonds. The molecule has 0 unspecified atom stereocenters. The Morgan fingerprint density at radius 1 is 1.67 bits per heavy atom. The number of aryl methyl sites for hydroxylation is 1. The number of hydrogen-bond acceptors (Lipinski definition) is 3. The van der Waals surface area contributed by atoms with Crippen LogP contribution in [0.2, 0.25) is 0 Å². The van der Waals surface area contributed by atoms with Crippen LogP contribution >= 0.6 is 0 Å². The molecule has 15 heavy (non-hydrogen) atoms. The standard InChI is InChI=1S/C10H11N3O2/c1-7-2-3-15-9(7)10(14)12-5-8-4-11-6-13-8/h2-4,6H,5H2,1H3,(H,11,13)(H,12,14). The topological polar surface area (TPSA) is 70.9 Å². The zero-order valence-electron chi connectivity index (χ0n) is 8.28. The van der Waals surface area contributed by atoms with Crippen LogP contribution in [0.15, 0.2) is 29.3 Å². The molecule has 2 heterocycles. The largest absolute Gasteiger partial charge is 0.459 e. The van der Waals surface area contributed by atoms with Gasteiger partial charge in [0.1, 0.15) is 0 Å². The number of nitrogens with zero attached hydrogens (tertiary/aromatic N) is 1. The Kier molecular flexibility index (Phi) is 2.53. The predicted molar refractivity (Wildman–Crippen MR) is 53.2 cm³/mol. The molecular formula is C10H11N3O2. The summed E-state index contributed by atoms with van der Waals surface area (Å²) >= 11 is 0. The van der Waals surface area contributed by atoms with Crippen LogP contribution in [-0.4, -0.2) is 15.9 Å². The van der Waals surface area contributed by atoms with Crippen molar-refractivity contribution in [2.24, 2.45) is 0 Å². The van der Waals surface area contributed by atoms with Crippen molar-refractivity contribution in [2.45, 2.75) is 13.5 Å². The van der Waals surface area contributed by atoms with Crippen LogP contribution in [0.4, 0.5) is 0 Å². The van der Waals surface area contributed by atoms with Gasteiger partial charge in [-0.25, -0.2) is 4.98 Å². The number of rotatable bonds is 3. The van der Waals surface area contributed by atoms with Gasteiger partial charge in [0.25, 0.3) is 5.91 Å². The van der Waals surface area contributed by atoms with Gasteiger partial charge in [-0.05, 0) is 13.0 Å². The first-order chi connectivity index (χ1) is 7.27. The molecule has 0 aliphatic carbocycles. The first kappa shape index (κ1) is 9.51. The molecule has 0 saturated carbocycles. The Morgan fingerprint density at radius 3 is 3.13 bits per heavy atom. The van der Waals surface area contributed by atoms with E-state index in [9.17, 15) is 4.79 Å². The second-order valence-electron chi connectivity index (χ2n) is 3.19. The summed E-state index contributed by atoms with van der Waals surface area (Å²) in [6.45, 7) is 2.24. The maximum Gasteiger partial charge on any atom is 0.287 e. The molecule has 78 valence electrons. The summed E-state index contributed by atoms with van der Waals surface area (Å²) in [5.74, 6) is 0.140. The predicted octanol–water partition coefficient (Wildman–Crippen LogP) is 1.24. The minimum Gasteiger partial charge on any atom is -0.459 e. The molecule has 5 heteroatoms. The third-order valence-electron chi connectivity index (χ3n) is 2.06. The van der Waals surface area contributed by atoms with Crippen molar-refractivity contribution in [1.29, 1.82) is 0 Å². The average Bonchev–Trinajstić information content (AvgIpc) is 2.84. The molecule has 0 spiro atoms. The van der Waals surface area contributed by atoms with Crippen LogP contribution in [0.5, 0.6) is 0 Å². The first-order valence-electron chi connectivity index (χ1n) is 4.57. The van der Waals surface area contributed by atoms with Crippen molar-refractivity contribution in [3.63, 3.8) is 0 Å². The van der Waals surface area contributed by atoms with Gasteiger partial charge in [-0.3, -0.25) is 4.79 Å². The summed E-state index contributed by atoms with van der Waals surface area (Å²) in [5.41, 5.74) is 1.68. The van der Waals surface area contributed by atoms with Gasteiger partial charge in [0, 0.05) is 11.8 Å². The van der Waals surface area contributed by atoms with E-state index in [0.717, 1.165) is 11.3 Å². The first-order valence-corrected chi connectivity index (χ1v) is 4.57. The van der Waals surface area contributed by atoms with Gasteiger partial charge in [0.2, 0.25) is 0 Å². The average molecular weight is 205 g/mol. The van der Waals surface area contributed by atoms with E-state index in [1.807, 2.05) is 6.92 Å². The lowest BCUT2D eigenvalue weighted by Gasteiger charge is -2.01. The highest BCUT2D eigenvalue weighted by Crippen LogP contribution is 2.08. The molecule has 0 bridgehead atoms. The smallest absolute Gasteiger partial charge is 0.287 e. The second-order valence-corrected chi connectivity index (χ2v) is 3.19. The van der Waals surface area contributed by atoms with E-state index >= 15 is 0 Å². The Hall–Kier alpha value is -2.04. The van der Waals surface area contributed by atoms with Crippen LogP contribution in [0.1, 0.15) is 21.8 Å². The van der Waals surface area contributed by atoms with Crippen molar-refractivity contribution in [3.05, 3.63) is 41.9 Å². The van der Waals surface area contributed by atoms with E-state index in [-0.39, 0.29) is 5.91 Å². The molecule has 2 rings (SSSR count). The highest BCUT2D eigenvalue weighted by atomic mass is 16.3. The van der Waals surface area contributed by atoms with Crippen LogP contribution < -0.4 is 5.32 Å². The van der Waals surface area contributed by atoms with Crippen molar-refractivity contribution in [2.75, 3.05) is 0 Å². The fraction of sp³-hybridized carbons (Fsp3) is 0.200. The molecule has 0 aromatic carbocycles. The number of carbonyl (C=O) groups is 1.